The van der Waals surface area contributed by atoms with Gasteiger partial charge in [0, 0.05) is 11.6 Å². The van der Waals surface area contributed by atoms with E-state index < -0.39 is 0 Å². The molecule has 0 aromatic heterocycles. The Morgan fingerprint density at radius 1 is 1.00 bits per heavy atom. The zero-order valence-electron chi connectivity index (χ0n) is 11.8. The molecule has 4 heteroatoms. The van der Waals surface area contributed by atoms with Gasteiger partial charge in [-0.1, -0.05) is 6.08 Å². The van der Waals surface area contributed by atoms with Crippen LogP contribution in [0, 0.1) is 5.82 Å². The first-order chi connectivity index (χ1) is 10.1. The number of rotatable bonds is 5. The lowest BCUT2D eigenvalue weighted by Crippen LogP contribution is -1.94. The first kappa shape index (κ1) is 14.8. The molecule has 0 saturated heterocycles. The second-order valence-corrected chi connectivity index (χ2v) is 4.35. The van der Waals surface area contributed by atoms with Crippen molar-refractivity contribution in [3.05, 3.63) is 65.5 Å². The Hall–Kier alpha value is -2.62. The first-order valence-electron chi connectivity index (χ1n) is 6.33. The van der Waals surface area contributed by atoms with Crippen LogP contribution in [-0.4, -0.2) is 20.0 Å². The Labute approximate surface area is 122 Å². The molecular formula is C17H15FO3. The van der Waals surface area contributed by atoms with Crippen LogP contribution in [0.2, 0.25) is 0 Å². The highest BCUT2D eigenvalue weighted by molar-refractivity contribution is 6.06. The van der Waals surface area contributed by atoms with E-state index in [9.17, 15) is 9.18 Å². The first-order valence-corrected chi connectivity index (χ1v) is 6.33. The standard InChI is InChI=1S/C17H15FO3/c1-20-15-9-12(10-16(11-15)21-2)3-8-17(19)13-4-6-14(18)7-5-13/h3-11H,1-2H3/b8-3+. The maximum atomic E-state index is 12.8. The van der Waals surface area contributed by atoms with Gasteiger partial charge in [-0.2, -0.15) is 0 Å². The third kappa shape index (κ3) is 3.92. The third-order valence-electron chi connectivity index (χ3n) is 2.93. The van der Waals surface area contributed by atoms with Crippen LogP contribution >= 0.6 is 0 Å². The van der Waals surface area contributed by atoms with Gasteiger partial charge >= 0.3 is 0 Å². The fourth-order valence-corrected chi connectivity index (χ4v) is 1.81. The SMILES string of the molecule is COc1cc(/C=C/C(=O)c2ccc(F)cc2)cc(OC)c1. The average Bonchev–Trinajstić information content (AvgIpc) is 2.52. The number of halogens is 1. The normalized spacial score (nSPS) is 10.6. The largest absolute Gasteiger partial charge is 0.497 e. The number of ether oxygens (including phenoxy) is 2. The minimum absolute atomic E-state index is 0.197. The van der Waals surface area contributed by atoms with E-state index in [0.29, 0.717) is 17.1 Å². The summed E-state index contributed by atoms with van der Waals surface area (Å²) < 4.78 is 23.1. The van der Waals surface area contributed by atoms with Gasteiger partial charge in [-0.25, -0.2) is 4.39 Å². The summed E-state index contributed by atoms with van der Waals surface area (Å²) in [5, 5.41) is 0. The molecule has 2 rings (SSSR count). The number of methoxy groups -OCH3 is 2. The molecule has 0 unspecified atom stereocenters. The molecule has 0 spiro atoms. The van der Waals surface area contributed by atoms with Gasteiger partial charge in [-0.3, -0.25) is 4.79 Å². The Balaban J connectivity index is 2.20. The van der Waals surface area contributed by atoms with Gasteiger partial charge in [0.15, 0.2) is 5.78 Å². The Morgan fingerprint density at radius 2 is 1.57 bits per heavy atom. The van der Waals surface area contributed by atoms with Gasteiger partial charge in [0.25, 0.3) is 0 Å². The fraction of sp³-hybridized carbons (Fsp3) is 0.118. The molecule has 0 saturated carbocycles. The molecule has 2 aromatic carbocycles. The summed E-state index contributed by atoms with van der Waals surface area (Å²) in [6.45, 7) is 0. The zero-order chi connectivity index (χ0) is 15.2. The lowest BCUT2D eigenvalue weighted by atomic mass is 10.1. The van der Waals surface area contributed by atoms with Crippen LogP contribution in [0.15, 0.2) is 48.5 Å². The van der Waals surface area contributed by atoms with E-state index in [-0.39, 0.29) is 11.6 Å². The van der Waals surface area contributed by atoms with Crippen molar-refractivity contribution in [3.8, 4) is 11.5 Å². The van der Waals surface area contributed by atoms with Crippen molar-refractivity contribution in [3.63, 3.8) is 0 Å². The number of benzene rings is 2. The smallest absolute Gasteiger partial charge is 0.185 e. The van der Waals surface area contributed by atoms with Crippen LogP contribution in [0.1, 0.15) is 15.9 Å². The molecule has 0 amide bonds. The van der Waals surface area contributed by atoms with Gasteiger partial charge in [-0.15, -0.1) is 0 Å². The third-order valence-corrected chi connectivity index (χ3v) is 2.93. The maximum Gasteiger partial charge on any atom is 0.185 e. The molecule has 2 aromatic rings. The molecule has 21 heavy (non-hydrogen) atoms. The summed E-state index contributed by atoms with van der Waals surface area (Å²) in [5.41, 5.74) is 1.21. The van der Waals surface area contributed by atoms with Gasteiger partial charge in [-0.05, 0) is 48.0 Å². The van der Waals surface area contributed by atoms with E-state index in [1.165, 1.54) is 30.3 Å². The molecule has 0 fully saturated rings. The number of hydrogen-bond acceptors (Lipinski definition) is 3. The minimum Gasteiger partial charge on any atom is -0.497 e. The van der Waals surface area contributed by atoms with Crippen LogP contribution in [0.5, 0.6) is 11.5 Å². The van der Waals surface area contributed by atoms with Crippen molar-refractivity contribution in [2.45, 2.75) is 0 Å². The monoisotopic (exact) mass is 286 g/mol. The van der Waals surface area contributed by atoms with E-state index in [1.54, 1.807) is 38.5 Å². The Morgan fingerprint density at radius 3 is 2.10 bits per heavy atom. The summed E-state index contributed by atoms with van der Waals surface area (Å²) >= 11 is 0. The Kier molecular flexibility index (Phi) is 4.72. The second-order valence-electron chi connectivity index (χ2n) is 4.35. The van der Waals surface area contributed by atoms with E-state index in [2.05, 4.69) is 0 Å². The van der Waals surface area contributed by atoms with Crippen LogP contribution in [0.25, 0.3) is 6.08 Å². The lowest BCUT2D eigenvalue weighted by Gasteiger charge is -2.05. The molecule has 0 aliphatic carbocycles. The van der Waals surface area contributed by atoms with Gasteiger partial charge in [0.05, 0.1) is 14.2 Å². The maximum absolute atomic E-state index is 12.8. The van der Waals surface area contributed by atoms with Crippen LogP contribution in [0.4, 0.5) is 4.39 Å². The highest BCUT2D eigenvalue weighted by atomic mass is 19.1. The van der Waals surface area contributed by atoms with Crippen molar-refractivity contribution >= 4 is 11.9 Å². The number of carbonyl (C=O) groups is 1. The Bertz CT molecular complexity index is 638. The fourth-order valence-electron chi connectivity index (χ4n) is 1.81. The predicted octanol–water partition coefficient (Wildman–Crippen LogP) is 3.74. The molecule has 0 heterocycles. The van der Waals surface area contributed by atoms with E-state index in [4.69, 9.17) is 9.47 Å². The van der Waals surface area contributed by atoms with E-state index in [0.717, 1.165) is 5.56 Å². The summed E-state index contributed by atoms with van der Waals surface area (Å²) in [6.07, 6.45) is 3.10. The lowest BCUT2D eigenvalue weighted by molar-refractivity contribution is 0.104. The summed E-state index contributed by atoms with van der Waals surface area (Å²) in [5.74, 6) is 0.719. The summed E-state index contributed by atoms with van der Waals surface area (Å²) in [6, 6.07) is 10.8. The van der Waals surface area contributed by atoms with Crippen molar-refractivity contribution in [2.75, 3.05) is 14.2 Å². The van der Waals surface area contributed by atoms with Crippen molar-refractivity contribution in [2.24, 2.45) is 0 Å². The van der Waals surface area contributed by atoms with Crippen LogP contribution < -0.4 is 9.47 Å². The van der Waals surface area contributed by atoms with Crippen LogP contribution in [0.3, 0.4) is 0 Å². The molecule has 0 bridgehead atoms. The molecule has 0 radical (unpaired) electrons. The molecule has 108 valence electrons. The molecular weight excluding hydrogens is 271 g/mol. The van der Waals surface area contributed by atoms with Crippen LogP contribution in [-0.2, 0) is 0 Å². The number of ketones is 1. The number of carbonyl (C=O) groups excluding carboxylic acids is 1. The van der Waals surface area contributed by atoms with Gasteiger partial charge < -0.3 is 9.47 Å². The van der Waals surface area contributed by atoms with Gasteiger partial charge in [0.1, 0.15) is 17.3 Å². The highest BCUT2D eigenvalue weighted by Gasteiger charge is 2.03. The van der Waals surface area contributed by atoms with Crippen molar-refractivity contribution in [1.82, 2.24) is 0 Å². The molecule has 0 aliphatic rings. The molecule has 3 nitrogen and oxygen atoms in total. The number of hydrogen-bond donors (Lipinski definition) is 0. The topological polar surface area (TPSA) is 35.5 Å². The predicted molar refractivity (Wildman–Crippen MR) is 79.3 cm³/mol. The van der Waals surface area contributed by atoms with Gasteiger partial charge in [0.2, 0.25) is 0 Å². The molecule has 0 aliphatic heterocycles. The molecule has 0 atom stereocenters. The summed E-state index contributed by atoms with van der Waals surface area (Å²) in [7, 11) is 3.12. The summed E-state index contributed by atoms with van der Waals surface area (Å²) in [4.78, 5) is 12.0. The van der Waals surface area contributed by atoms with Crippen molar-refractivity contribution < 1.29 is 18.7 Å². The quantitative estimate of drug-likeness (QED) is 0.620. The zero-order valence-corrected chi connectivity index (χ0v) is 11.8. The van der Waals surface area contributed by atoms with Crippen molar-refractivity contribution in [1.29, 1.82) is 0 Å². The number of allylic oxidation sites excluding steroid dienone is 1. The highest BCUT2D eigenvalue weighted by Crippen LogP contribution is 2.23. The second kappa shape index (κ2) is 6.70. The minimum atomic E-state index is -0.368. The van der Waals surface area contributed by atoms with E-state index in [1.807, 2.05) is 0 Å². The molecule has 0 N–H and O–H groups in total. The van der Waals surface area contributed by atoms with E-state index >= 15 is 0 Å². The average molecular weight is 286 g/mol.